The van der Waals surface area contributed by atoms with E-state index in [4.69, 9.17) is 14.2 Å². The zero-order chi connectivity index (χ0) is 19.3. The lowest BCUT2D eigenvalue weighted by molar-refractivity contribution is -0.147. The van der Waals surface area contributed by atoms with Crippen LogP contribution in [0.2, 0.25) is 0 Å². The number of hydrogen-bond donors (Lipinski definition) is 0. The summed E-state index contributed by atoms with van der Waals surface area (Å²) in [4.78, 5) is 12.3. The third-order valence-corrected chi connectivity index (χ3v) is 6.66. The number of hydrogen-bond acceptors (Lipinski definition) is 6. The summed E-state index contributed by atoms with van der Waals surface area (Å²) in [6, 6.07) is 3.56. The van der Waals surface area contributed by atoms with Crippen LogP contribution in [0.1, 0.15) is 38.7 Å². The molecule has 8 heteroatoms. The van der Waals surface area contributed by atoms with Gasteiger partial charge in [0.05, 0.1) is 24.9 Å². The molecule has 0 saturated heterocycles. The number of halogens is 1. The van der Waals surface area contributed by atoms with Crippen molar-refractivity contribution in [3.63, 3.8) is 0 Å². The van der Waals surface area contributed by atoms with Crippen LogP contribution < -0.4 is 9.47 Å². The molecule has 1 fully saturated rings. The summed E-state index contributed by atoms with van der Waals surface area (Å²) < 4.78 is 40.6. The monoisotopic (exact) mass is 448 g/mol. The van der Waals surface area contributed by atoms with Gasteiger partial charge in [0.1, 0.15) is 15.9 Å². The molecule has 26 heavy (non-hydrogen) atoms. The Morgan fingerprint density at radius 3 is 2.31 bits per heavy atom. The van der Waals surface area contributed by atoms with Gasteiger partial charge in [0.2, 0.25) is 0 Å². The van der Waals surface area contributed by atoms with E-state index >= 15 is 0 Å². The van der Waals surface area contributed by atoms with Gasteiger partial charge in [-0.25, -0.2) is 8.42 Å². The zero-order valence-corrected chi connectivity index (χ0v) is 17.7. The maximum atomic E-state index is 12.3. The first-order valence-corrected chi connectivity index (χ1v) is 11.5. The molecule has 0 amide bonds. The topological polar surface area (TPSA) is 78.9 Å². The molecule has 0 aliphatic heterocycles. The van der Waals surface area contributed by atoms with Crippen molar-refractivity contribution in [2.24, 2.45) is 0 Å². The Labute approximate surface area is 163 Å². The second-order valence-corrected chi connectivity index (χ2v) is 9.49. The summed E-state index contributed by atoms with van der Waals surface area (Å²) >= 11 is 3.46. The molecule has 0 bridgehead atoms. The van der Waals surface area contributed by atoms with Crippen molar-refractivity contribution in [3.8, 4) is 11.5 Å². The summed E-state index contributed by atoms with van der Waals surface area (Å²) in [6.07, 6.45) is 2.46. The second kappa shape index (κ2) is 9.08. The lowest BCUT2D eigenvalue weighted by atomic mass is 10.1. The SMILES string of the molecule is CCOc1cc(Br)c(CC(=O)O[C@H]2CC[C@H](S(C)(=O)=O)C2)cc1OCC. The van der Waals surface area contributed by atoms with E-state index in [1.165, 1.54) is 6.26 Å². The number of rotatable bonds is 8. The van der Waals surface area contributed by atoms with Crippen LogP contribution in [0.5, 0.6) is 11.5 Å². The van der Waals surface area contributed by atoms with Gasteiger partial charge in [0.25, 0.3) is 0 Å². The van der Waals surface area contributed by atoms with Crippen LogP contribution >= 0.6 is 15.9 Å². The Morgan fingerprint density at radius 2 is 1.77 bits per heavy atom. The first kappa shape index (κ1) is 21.0. The fourth-order valence-electron chi connectivity index (χ4n) is 3.03. The highest BCUT2D eigenvalue weighted by atomic mass is 79.9. The summed E-state index contributed by atoms with van der Waals surface area (Å²) in [5.41, 5.74) is 0.736. The number of esters is 1. The molecule has 2 atom stereocenters. The van der Waals surface area contributed by atoms with E-state index in [0.29, 0.717) is 44.0 Å². The predicted octanol–water partition coefficient (Wildman–Crippen LogP) is 3.30. The maximum absolute atomic E-state index is 12.3. The van der Waals surface area contributed by atoms with Gasteiger partial charge in [-0.3, -0.25) is 4.79 Å². The second-order valence-electron chi connectivity index (χ2n) is 6.31. The standard InChI is InChI=1S/C18H25BrO6S/c1-4-23-16-8-12(15(19)11-17(16)24-5-2)9-18(20)25-13-6-7-14(10-13)26(3,21)22/h8,11,13-14H,4-7,9-10H2,1-3H3/t13-,14-/m0/s1. The Hall–Kier alpha value is -1.28. The van der Waals surface area contributed by atoms with Gasteiger partial charge in [-0.05, 0) is 44.4 Å². The molecule has 1 aromatic carbocycles. The minimum atomic E-state index is -3.09. The van der Waals surface area contributed by atoms with Gasteiger partial charge in [-0.2, -0.15) is 0 Å². The number of benzene rings is 1. The molecule has 6 nitrogen and oxygen atoms in total. The van der Waals surface area contributed by atoms with Crippen LogP contribution in [0.4, 0.5) is 0 Å². The van der Waals surface area contributed by atoms with Crippen LogP contribution in [0.15, 0.2) is 16.6 Å². The molecule has 2 rings (SSSR count). The molecule has 1 aliphatic carbocycles. The Morgan fingerprint density at radius 1 is 1.15 bits per heavy atom. The molecule has 0 unspecified atom stereocenters. The van der Waals surface area contributed by atoms with Gasteiger partial charge >= 0.3 is 5.97 Å². The fraction of sp³-hybridized carbons (Fsp3) is 0.611. The van der Waals surface area contributed by atoms with Crippen molar-refractivity contribution >= 4 is 31.7 Å². The summed E-state index contributed by atoms with van der Waals surface area (Å²) in [6.45, 7) is 4.77. The van der Waals surface area contributed by atoms with E-state index in [9.17, 15) is 13.2 Å². The average Bonchev–Trinajstić information content (AvgIpc) is 3.00. The molecule has 0 radical (unpaired) electrons. The Bertz CT molecular complexity index is 746. The molecule has 0 N–H and O–H groups in total. The average molecular weight is 449 g/mol. The van der Waals surface area contributed by atoms with Crippen molar-refractivity contribution in [1.29, 1.82) is 0 Å². The van der Waals surface area contributed by atoms with E-state index in [1.54, 1.807) is 12.1 Å². The van der Waals surface area contributed by atoms with Crippen molar-refractivity contribution < 1.29 is 27.4 Å². The third-order valence-electron chi connectivity index (χ3n) is 4.29. The van der Waals surface area contributed by atoms with Crippen molar-refractivity contribution in [2.45, 2.75) is 50.9 Å². The number of ether oxygens (including phenoxy) is 3. The highest BCUT2D eigenvalue weighted by Crippen LogP contribution is 2.34. The van der Waals surface area contributed by atoms with Crippen molar-refractivity contribution in [2.75, 3.05) is 19.5 Å². The van der Waals surface area contributed by atoms with Crippen LogP contribution in [0.3, 0.4) is 0 Å². The first-order valence-electron chi connectivity index (χ1n) is 8.70. The number of sulfone groups is 1. The van der Waals surface area contributed by atoms with Gasteiger partial charge in [0.15, 0.2) is 11.5 Å². The maximum Gasteiger partial charge on any atom is 0.310 e. The molecular weight excluding hydrogens is 424 g/mol. The van der Waals surface area contributed by atoms with E-state index in [-0.39, 0.29) is 18.5 Å². The quantitative estimate of drug-likeness (QED) is 0.567. The van der Waals surface area contributed by atoms with Crippen molar-refractivity contribution in [1.82, 2.24) is 0 Å². The van der Waals surface area contributed by atoms with Gasteiger partial charge in [-0.15, -0.1) is 0 Å². The fourth-order valence-corrected chi connectivity index (χ4v) is 4.62. The van der Waals surface area contributed by atoms with E-state index in [0.717, 1.165) is 10.0 Å². The Kier molecular flexibility index (Phi) is 7.34. The van der Waals surface area contributed by atoms with E-state index in [1.807, 2.05) is 13.8 Å². The highest BCUT2D eigenvalue weighted by molar-refractivity contribution is 9.10. The molecule has 1 aliphatic rings. The minimum Gasteiger partial charge on any atom is -0.490 e. The van der Waals surface area contributed by atoms with E-state index < -0.39 is 15.1 Å². The van der Waals surface area contributed by atoms with Gasteiger partial charge in [0, 0.05) is 17.1 Å². The molecule has 0 spiro atoms. The summed E-state index contributed by atoms with van der Waals surface area (Å²) in [5, 5.41) is -0.415. The molecule has 1 saturated carbocycles. The predicted molar refractivity (Wildman–Crippen MR) is 103 cm³/mol. The molecule has 0 heterocycles. The lowest BCUT2D eigenvalue weighted by Gasteiger charge is -2.15. The zero-order valence-electron chi connectivity index (χ0n) is 15.3. The van der Waals surface area contributed by atoms with Crippen LogP contribution in [-0.4, -0.2) is 45.2 Å². The van der Waals surface area contributed by atoms with Crippen LogP contribution in [-0.2, 0) is 25.8 Å². The van der Waals surface area contributed by atoms with E-state index in [2.05, 4.69) is 15.9 Å². The first-order chi connectivity index (χ1) is 12.2. The number of carbonyl (C=O) groups excluding carboxylic acids is 1. The Balaban J connectivity index is 2.03. The van der Waals surface area contributed by atoms with Crippen molar-refractivity contribution in [3.05, 3.63) is 22.2 Å². The normalized spacial score (nSPS) is 20.0. The number of carbonyl (C=O) groups is 1. The smallest absolute Gasteiger partial charge is 0.310 e. The summed E-state index contributed by atoms with van der Waals surface area (Å²) in [7, 11) is -3.09. The largest absolute Gasteiger partial charge is 0.490 e. The minimum absolute atomic E-state index is 0.0765. The van der Waals surface area contributed by atoms with Crippen LogP contribution in [0, 0.1) is 0 Å². The molecule has 1 aromatic rings. The molecule has 146 valence electrons. The lowest BCUT2D eigenvalue weighted by Crippen LogP contribution is -2.21. The highest BCUT2D eigenvalue weighted by Gasteiger charge is 2.33. The van der Waals surface area contributed by atoms with Gasteiger partial charge < -0.3 is 14.2 Å². The molecular formula is C18H25BrO6S. The van der Waals surface area contributed by atoms with Gasteiger partial charge in [-0.1, -0.05) is 15.9 Å². The van der Waals surface area contributed by atoms with Crippen LogP contribution in [0.25, 0.3) is 0 Å². The molecule has 0 aromatic heterocycles. The summed E-state index contributed by atoms with van der Waals surface area (Å²) in [5.74, 6) is 0.819. The third kappa shape index (κ3) is 5.61.